The maximum atomic E-state index is 12.8. The monoisotopic (exact) mass is 476 g/mol. The Hall–Kier alpha value is -3.19. The third kappa shape index (κ3) is 6.09. The van der Waals surface area contributed by atoms with E-state index in [1.165, 1.54) is 0 Å². The van der Waals surface area contributed by atoms with Crippen molar-refractivity contribution >= 4 is 22.7 Å². The molecule has 0 radical (unpaired) electrons. The van der Waals surface area contributed by atoms with E-state index in [4.69, 9.17) is 9.84 Å². The average Bonchev–Trinajstić information content (AvgIpc) is 3.26. The second-order valence-corrected chi connectivity index (χ2v) is 9.80. The fourth-order valence-corrected chi connectivity index (χ4v) is 4.64. The largest absolute Gasteiger partial charge is 0.377 e. The van der Waals surface area contributed by atoms with Gasteiger partial charge in [-0.3, -0.25) is 14.3 Å². The molecule has 0 aliphatic carbocycles. The van der Waals surface area contributed by atoms with Crippen molar-refractivity contribution in [3.05, 3.63) is 64.8 Å². The number of carbonyl (C=O) groups is 2. The molecule has 1 N–H and O–H groups in total. The number of ether oxygens (including phenoxy) is 1. The molecule has 1 aromatic heterocycles. The zero-order valence-electron chi connectivity index (χ0n) is 21.2. The molecule has 186 valence electrons. The predicted molar refractivity (Wildman–Crippen MR) is 138 cm³/mol. The van der Waals surface area contributed by atoms with Crippen LogP contribution in [0.4, 0.5) is 0 Å². The molecule has 7 nitrogen and oxygen atoms in total. The minimum atomic E-state index is -0.0879. The van der Waals surface area contributed by atoms with Crippen LogP contribution in [0.15, 0.2) is 42.6 Å². The number of benzene rings is 2. The van der Waals surface area contributed by atoms with Gasteiger partial charge < -0.3 is 15.0 Å². The summed E-state index contributed by atoms with van der Waals surface area (Å²) in [5.74, 6) is 0.496. The molecule has 1 fully saturated rings. The van der Waals surface area contributed by atoms with Crippen molar-refractivity contribution in [3.8, 4) is 0 Å². The molecule has 0 spiro atoms. The van der Waals surface area contributed by atoms with Crippen molar-refractivity contribution in [2.45, 2.75) is 53.2 Å². The summed E-state index contributed by atoms with van der Waals surface area (Å²) < 4.78 is 7.50. The number of amides is 2. The Morgan fingerprint density at radius 3 is 2.49 bits per heavy atom. The van der Waals surface area contributed by atoms with E-state index < -0.39 is 0 Å². The number of aromatic nitrogens is 2. The van der Waals surface area contributed by atoms with Crippen LogP contribution in [-0.4, -0.2) is 58.8 Å². The number of fused-ring (bicyclic) bond motifs is 1. The zero-order valence-corrected chi connectivity index (χ0v) is 21.2. The van der Waals surface area contributed by atoms with E-state index in [1.54, 1.807) is 0 Å². The number of hydrogen-bond acceptors (Lipinski definition) is 4. The van der Waals surface area contributed by atoms with E-state index in [0.717, 1.165) is 60.1 Å². The van der Waals surface area contributed by atoms with Gasteiger partial charge in [0.1, 0.15) is 0 Å². The molecule has 1 aliphatic heterocycles. The SMILES string of the molecule is Cc1ccc(C(=O)N2CCC(Cn3cc4c(C)c(C(=O)NCCOC(C)C)ccc4n3)CC2)cc1. The van der Waals surface area contributed by atoms with Crippen LogP contribution in [0, 0.1) is 19.8 Å². The van der Waals surface area contributed by atoms with Gasteiger partial charge in [-0.05, 0) is 76.3 Å². The average molecular weight is 477 g/mol. The lowest BCUT2D eigenvalue weighted by atomic mass is 9.96. The molecule has 0 bridgehead atoms. The first-order chi connectivity index (χ1) is 16.8. The summed E-state index contributed by atoms with van der Waals surface area (Å²) in [7, 11) is 0. The summed E-state index contributed by atoms with van der Waals surface area (Å²) in [6.45, 7) is 11.3. The first-order valence-electron chi connectivity index (χ1n) is 12.5. The van der Waals surface area contributed by atoms with Crippen LogP contribution >= 0.6 is 0 Å². The maximum Gasteiger partial charge on any atom is 0.253 e. The predicted octanol–water partition coefficient (Wildman–Crippen LogP) is 4.36. The molecule has 0 saturated carbocycles. The molecular weight excluding hydrogens is 440 g/mol. The molecule has 35 heavy (non-hydrogen) atoms. The smallest absolute Gasteiger partial charge is 0.253 e. The van der Waals surface area contributed by atoms with Gasteiger partial charge in [-0.2, -0.15) is 5.10 Å². The zero-order chi connectivity index (χ0) is 24.9. The lowest BCUT2D eigenvalue weighted by molar-refractivity contribution is 0.0681. The highest BCUT2D eigenvalue weighted by atomic mass is 16.5. The van der Waals surface area contributed by atoms with Crippen molar-refractivity contribution in [2.75, 3.05) is 26.2 Å². The van der Waals surface area contributed by atoms with Gasteiger partial charge in [0.2, 0.25) is 0 Å². The molecule has 3 aromatic rings. The summed E-state index contributed by atoms with van der Waals surface area (Å²) in [5, 5.41) is 8.70. The third-order valence-corrected chi connectivity index (χ3v) is 6.74. The van der Waals surface area contributed by atoms with Crippen LogP contribution in [0.3, 0.4) is 0 Å². The van der Waals surface area contributed by atoms with Gasteiger partial charge in [-0.1, -0.05) is 17.7 Å². The molecule has 4 rings (SSSR count). The fraction of sp³-hybridized carbons (Fsp3) is 0.464. The van der Waals surface area contributed by atoms with E-state index in [9.17, 15) is 9.59 Å². The van der Waals surface area contributed by atoms with Crippen molar-refractivity contribution in [3.63, 3.8) is 0 Å². The summed E-state index contributed by atoms with van der Waals surface area (Å²) in [5.41, 5.74) is 4.43. The number of hydrogen-bond donors (Lipinski definition) is 1. The van der Waals surface area contributed by atoms with Crippen LogP contribution in [-0.2, 0) is 11.3 Å². The summed E-state index contributed by atoms with van der Waals surface area (Å²) >= 11 is 0. The first kappa shape index (κ1) is 24.9. The Labute approximate surface area is 207 Å². The number of nitrogens with zero attached hydrogens (tertiary/aromatic N) is 3. The molecule has 7 heteroatoms. The van der Waals surface area contributed by atoms with E-state index >= 15 is 0 Å². The fourth-order valence-electron chi connectivity index (χ4n) is 4.64. The molecule has 0 atom stereocenters. The van der Waals surface area contributed by atoms with Gasteiger partial charge in [0.25, 0.3) is 11.8 Å². The van der Waals surface area contributed by atoms with Gasteiger partial charge in [0, 0.05) is 48.9 Å². The lowest BCUT2D eigenvalue weighted by Crippen LogP contribution is -2.39. The topological polar surface area (TPSA) is 76.5 Å². The van der Waals surface area contributed by atoms with Gasteiger partial charge >= 0.3 is 0 Å². The van der Waals surface area contributed by atoms with Crippen LogP contribution in [0.1, 0.15) is 58.5 Å². The standard InChI is InChI=1S/C28H36N4O3/c1-19(2)35-16-13-29-27(33)24-9-10-26-25(21(24)4)18-32(30-26)17-22-11-14-31(15-12-22)28(34)23-7-5-20(3)6-8-23/h5-10,18-19,22H,11-17H2,1-4H3,(H,29,33). The molecule has 2 aromatic carbocycles. The number of piperidine rings is 1. The van der Waals surface area contributed by atoms with Gasteiger partial charge in [-0.15, -0.1) is 0 Å². The molecule has 2 heterocycles. The third-order valence-electron chi connectivity index (χ3n) is 6.74. The van der Waals surface area contributed by atoms with Crippen molar-refractivity contribution in [1.29, 1.82) is 0 Å². The summed E-state index contributed by atoms with van der Waals surface area (Å²) in [4.78, 5) is 27.4. The second-order valence-electron chi connectivity index (χ2n) is 9.80. The van der Waals surface area contributed by atoms with E-state index in [1.807, 2.05) is 79.9 Å². The molecule has 0 unspecified atom stereocenters. The van der Waals surface area contributed by atoms with E-state index in [2.05, 4.69) is 5.32 Å². The Kier molecular flexibility index (Phi) is 7.86. The Bertz CT molecular complexity index is 1170. The Morgan fingerprint density at radius 2 is 1.80 bits per heavy atom. The number of likely N-dealkylation sites (tertiary alicyclic amines) is 1. The number of carbonyl (C=O) groups excluding carboxylic acids is 2. The number of nitrogens with one attached hydrogen (secondary N) is 1. The molecule has 1 aliphatic rings. The van der Waals surface area contributed by atoms with Crippen molar-refractivity contribution in [1.82, 2.24) is 20.0 Å². The molecular formula is C28H36N4O3. The number of rotatable bonds is 8. The normalized spacial score (nSPS) is 14.6. The lowest BCUT2D eigenvalue weighted by Gasteiger charge is -2.32. The second kappa shape index (κ2) is 11.0. The van der Waals surface area contributed by atoms with Crippen molar-refractivity contribution in [2.24, 2.45) is 5.92 Å². The minimum Gasteiger partial charge on any atom is -0.377 e. The van der Waals surface area contributed by atoms with E-state index in [0.29, 0.717) is 24.6 Å². The van der Waals surface area contributed by atoms with Gasteiger partial charge in [-0.25, -0.2) is 0 Å². The quantitative estimate of drug-likeness (QED) is 0.490. The molecule has 2 amide bonds. The van der Waals surface area contributed by atoms with E-state index in [-0.39, 0.29) is 17.9 Å². The van der Waals surface area contributed by atoms with Crippen LogP contribution in [0.2, 0.25) is 0 Å². The summed E-state index contributed by atoms with van der Waals surface area (Å²) in [6.07, 6.45) is 4.11. The van der Waals surface area contributed by atoms with Crippen LogP contribution in [0.5, 0.6) is 0 Å². The Morgan fingerprint density at radius 1 is 1.09 bits per heavy atom. The minimum absolute atomic E-state index is 0.0879. The maximum absolute atomic E-state index is 12.8. The highest BCUT2D eigenvalue weighted by Crippen LogP contribution is 2.24. The van der Waals surface area contributed by atoms with Crippen LogP contribution in [0.25, 0.3) is 10.9 Å². The highest BCUT2D eigenvalue weighted by Gasteiger charge is 2.24. The van der Waals surface area contributed by atoms with Gasteiger partial charge in [0.05, 0.1) is 18.2 Å². The first-order valence-corrected chi connectivity index (χ1v) is 12.5. The van der Waals surface area contributed by atoms with Gasteiger partial charge in [0.15, 0.2) is 0 Å². The molecule has 1 saturated heterocycles. The van der Waals surface area contributed by atoms with Crippen molar-refractivity contribution < 1.29 is 14.3 Å². The number of aryl methyl sites for hydroxylation is 2. The van der Waals surface area contributed by atoms with Crippen LogP contribution < -0.4 is 5.32 Å². The Balaban J connectivity index is 1.34. The highest BCUT2D eigenvalue weighted by molar-refractivity contribution is 6.00. The summed E-state index contributed by atoms with van der Waals surface area (Å²) in [6, 6.07) is 11.6.